The lowest BCUT2D eigenvalue weighted by Crippen LogP contribution is -1.95. The van der Waals surface area contributed by atoms with E-state index in [4.69, 9.17) is 5.73 Å². The van der Waals surface area contributed by atoms with Gasteiger partial charge in [-0.1, -0.05) is 13.8 Å². The van der Waals surface area contributed by atoms with E-state index in [-0.39, 0.29) is 11.2 Å². The van der Waals surface area contributed by atoms with Gasteiger partial charge in [0.1, 0.15) is 11.6 Å². The predicted molar refractivity (Wildman–Crippen MR) is 69.5 cm³/mol. The number of hydrogen-bond acceptors (Lipinski definition) is 2. The molecule has 1 aromatic carbocycles. The maximum Gasteiger partial charge on any atom is 0.153 e. The van der Waals surface area contributed by atoms with Crippen molar-refractivity contribution < 1.29 is 8.78 Å². The summed E-state index contributed by atoms with van der Waals surface area (Å²) in [6, 6.07) is 3.41. The topological polar surface area (TPSA) is 54.7 Å². The van der Waals surface area contributed by atoms with Gasteiger partial charge in [-0.15, -0.1) is 0 Å². The van der Waals surface area contributed by atoms with Crippen molar-refractivity contribution in [3.63, 3.8) is 0 Å². The van der Waals surface area contributed by atoms with Gasteiger partial charge in [0.15, 0.2) is 5.82 Å². The highest BCUT2D eigenvalue weighted by molar-refractivity contribution is 5.77. The molecule has 1 aromatic heterocycles. The minimum Gasteiger partial charge on any atom is -0.382 e. The number of nitrogens with two attached hydrogens (primary N) is 1. The molecule has 100 valence electrons. The zero-order valence-electron chi connectivity index (χ0n) is 10.8. The van der Waals surface area contributed by atoms with E-state index in [1.807, 2.05) is 0 Å². The van der Waals surface area contributed by atoms with Crippen LogP contribution < -0.4 is 5.73 Å². The SMILES string of the molecule is CC1(C)CC1c1[nH]nc(N)c1-c1cc(F)cc(F)c1. The van der Waals surface area contributed by atoms with Crippen LogP contribution in [0.5, 0.6) is 0 Å². The molecule has 1 aliphatic rings. The van der Waals surface area contributed by atoms with Crippen molar-refractivity contribution in [2.45, 2.75) is 26.2 Å². The van der Waals surface area contributed by atoms with Gasteiger partial charge in [0.05, 0.1) is 0 Å². The number of anilines is 1. The zero-order valence-corrected chi connectivity index (χ0v) is 10.8. The summed E-state index contributed by atoms with van der Waals surface area (Å²) >= 11 is 0. The molecule has 2 aromatic rings. The van der Waals surface area contributed by atoms with Gasteiger partial charge in [-0.05, 0) is 29.5 Å². The number of nitrogens with zero attached hydrogens (tertiary/aromatic N) is 1. The van der Waals surface area contributed by atoms with Crippen LogP contribution in [0.25, 0.3) is 11.1 Å². The molecular formula is C14H15F2N3. The Balaban J connectivity index is 2.12. The second-order valence-electron chi connectivity index (χ2n) is 5.80. The number of nitrogens with one attached hydrogen (secondary N) is 1. The van der Waals surface area contributed by atoms with Crippen LogP contribution in [0.1, 0.15) is 31.9 Å². The van der Waals surface area contributed by atoms with Crippen LogP contribution in [0.15, 0.2) is 18.2 Å². The molecule has 0 aliphatic heterocycles. The van der Waals surface area contributed by atoms with Crippen LogP contribution in [-0.4, -0.2) is 10.2 Å². The first-order valence-corrected chi connectivity index (χ1v) is 6.19. The maximum absolute atomic E-state index is 13.3. The summed E-state index contributed by atoms with van der Waals surface area (Å²) in [5.41, 5.74) is 7.94. The van der Waals surface area contributed by atoms with Crippen molar-refractivity contribution in [1.29, 1.82) is 0 Å². The minimum atomic E-state index is -0.614. The second-order valence-corrected chi connectivity index (χ2v) is 5.80. The molecule has 1 saturated carbocycles. The van der Waals surface area contributed by atoms with Gasteiger partial charge in [-0.2, -0.15) is 5.10 Å². The van der Waals surface area contributed by atoms with E-state index < -0.39 is 11.6 Å². The molecule has 5 heteroatoms. The molecule has 3 nitrogen and oxygen atoms in total. The number of aromatic amines is 1. The van der Waals surface area contributed by atoms with Crippen molar-refractivity contribution in [2.75, 3.05) is 5.73 Å². The van der Waals surface area contributed by atoms with E-state index in [1.165, 1.54) is 12.1 Å². The summed E-state index contributed by atoms with van der Waals surface area (Å²) in [4.78, 5) is 0. The Morgan fingerprint density at radius 1 is 1.26 bits per heavy atom. The Bertz CT molecular complexity index is 626. The monoisotopic (exact) mass is 263 g/mol. The smallest absolute Gasteiger partial charge is 0.153 e. The molecule has 0 amide bonds. The third-order valence-corrected chi connectivity index (χ3v) is 3.84. The number of nitrogen functional groups attached to an aromatic ring is 1. The molecular weight excluding hydrogens is 248 g/mol. The standard InChI is InChI=1S/C14H15F2N3/c1-14(2)6-10(14)12-11(13(17)19-18-12)7-3-8(15)5-9(16)4-7/h3-5,10H,6H2,1-2H3,(H3,17,18,19). The first-order chi connectivity index (χ1) is 8.88. The van der Waals surface area contributed by atoms with Gasteiger partial charge < -0.3 is 5.73 Å². The summed E-state index contributed by atoms with van der Waals surface area (Å²) in [6.07, 6.45) is 1.01. The molecule has 0 bridgehead atoms. The normalized spacial score (nSPS) is 20.5. The van der Waals surface area contributed by atoms with E-state index in [9.17, 15) is 8.78 Å². The Morgan fingerprint density at radius 2 is 1.84 bits per heavy atom. The molecule has 1 aliphatic carbocycles. The van der Waals surface area contributed by atoms with Crippen LogP contribution in [0.3, 0.4) is 0 Å². The first-order valence-electron chi connectivity index (χ1n) is 6.19. The van der Waals surface area contributed by atoms with Crippen LogP contribution >= 0.6 is 0 Å². The molecule has 19 heavy (non-hydrogen) atoms. The molecule has 0 spiro atoms. The van der Waals surface area contributed by atoms with E-state index >= 15 is 0 Å². The minimum absolute atomic E-state index is 0.180. The van der Waals surface area contributed by atoms with Crippen molar-refractivity contribution in [3.05, 3.63) is 35.5 Å². The molecule has 1 unspecified atom stereocenters. The third-order valence-electron chi connectivity index (χ3n) is 3.84. The number of halogens is 2. The fourth-order valence-corrected chi connectivity index (χ4v) is 2.58. The molecule has 0 radical (unpaired) electrons. The van der Waals surface area contributed by atoms with E-state index in [0.717, 1.165) is 18.2 Å². The molecule has 3 N–H and O–H groups in total. The lowest BCUT2D eigenvalue weighted by Gasteiger charge is -2.06. The Kier molecular flexibility index (Phi) is 2.42. The molecule has 1 heterocycles. The molecule has 0 saturated heterocycles. The van der Waals surface area contributed by atoms with Crippen molar-refractivity contribution in [3.8, 4) is 11.1 Å². The number of aromatic nitrogens is 2. The number of H-pyrrole nitrogens is 1. The first kappa shape index (κ1) is 12.1. The summed E-state index contributed by atoms with van der Waals surface area (Å²) < 4.78 is 26.7. The number of hydrogen-bond donors (Lipinski definition) is 2. The summed E-state index contributed by atoms with van der Waals surface area (Å²) in [5.74, 6) is -0.644. The third kappa shape index (κ3) is 1.99. The fraction of sp³-hybridized carbons (Fsp3) is 0.357. The lowest BCUT2D eigenvalue weighted by atomic mass is 9.99. The van der Waals surface area contributed by atoms with Gasteiger partial charge in [0.2, 0.25) is 0 Å². The van der Waals surface area contributed by atoms with Gasteiger partial charge >= 0.3 is 0 Å². The van der Waals surface area contributed by atoms with E-state index in [1.54, 1.807) is 0 Å². The summed E-state index contributed by atoms with van der Waals surface area (Å²) in [7, 11) is 0. The van der Waals surface area contributed by atoms with Gasteiger partial charge in [0, 0.05) is 23.2 Å². The van der Waals surface area contributed by atoms with Crippen LogP contribution in [0.4, 0.5) is 14.6 Å². The number of rotatable bonds is 2. The fourth-order valence-electron chi connectivity index (χ4n) is 2.58. The lowest BCUT2D eigenvalue weighted by molar-refractivity contribution is 0.584. The summed E-state index contributed by atoms with van der Waals surface area (Å²) in [5, 5.41) is 6.90. The highest BCUT2D eigenvalue weighted by Gasteiger charge is 2.49. The van der Waals surface area contributed by atoms with Gasteiger partial charge in [-0.3, -0.25) is 5.10 Å². The average Bonchev–Trinajstić information content (AvgIpc) is 2.76. The second kappa shape index (κ2) is 3.79. The highest BCUT2D eigenvalue weighted by atomic mass is 19.1. The summed E-state index contributed by atoms with van der Waals surface area (Å²) in [6.45, 7) is 4.29. The molecule has 1 fully saturated rings. The molecule has 1 atom stereocenters. The van der Waals surface area contributed by atoms with Crippen molar-refractivity contribution in [1.82, 2.24) is 10.2 Å². The van der Waals surface area contributed by atoms with E-state index in [0.29, 0.717) is 17.0 Å². The number of benzene rings is 1. The van der Waals surface area contributed by atoms with Crippen molar-refractivity contribution in [2.24, 2.45) is 5.41 Å². The largest absolute Gasteiger partial charge is 0.382 e. The van der Waals surface area contributed by atoms with Crippen LogP contribution in [-0.2, 0) is 0 Å². The Labute approximate surface area is 109 Å². The van der Waals surface area contributed by atoms with E-state index in [2.05, 4.69) is 24.0 Å². The highest BCUT2D eigenvalue weighted by Crippen LogP contribution is 2.60. The van der Waals surface area contributed by atoms with Crippen molar-refractivity contribution >= 4 is 5.82 Å². The van der Waals surface area contributed by atoms with Gasteiger partial charge in [0.25, 0.3) is 0 Å². The van der Waals surface area contributed by atoms with Gasteiger partial charge in [-0.25, -0.2) is 8.78 Å². The van der Waals surface area contributed by atoms with Crippen LogP contribution in [0.2, 0.25) is 0 Å². The quantitative estimate of drug-likeness (QED) is 0.871. The molecule has 3 rings (SSSR count). The van der Waals surface area contributed by atoms with Crippen LogP contribution in [0, 0.1) is 17.0 Å². The Hall–Kier alpha value is -1.91. The predicted octanol–water partition coefficient (Wildman–Crippen LogP) is 3.45. The maximum atomic E-state index is 13.3. The zero-order chi connectivity index (χ0) is 13.8. The average molecular weight is 263 g/mol. The Morgan fingerprint density at radius 3 is 2.37 bits per heavy atom.